The quantitative estimate of drug-likeness (QED) is 0.874. The number of hydrogen-bond donors (Lipinski definition) is 0. The van der Waals surface area contributed by atoms with Crippen molar-refractivity contribution in [2.24, 2.45) is 0 Å². The zero-order valence-corrected chi connectivity index (χ0v) is 13.2. The first-order valence-electron chi connectivity index (χ1n) is 7.24. The molecule has 4 nitrogen and oxygen atoms in total. The maximum Gasteiger partial charge on any atom is 0.214 e. The van der Waals surface area contributed by atoms with Crippen LogP contribution in [0.1, 0.15) is 29.8 Å². The van der Waals surface area contributed by atoms with Gasteiger partial charge in [-0.05, 0) is 31.5 Å². The van der Waals surface area contributed by atoms with E-state index in [1.165, 1.54) is 5.56 Å². The fraction of sp³-hybridized carbons (Fsp3) is 0.375. The second-order valence-corrected chi connectivity index (χ2v) is 7.66. The molecule has 0 saturated carbocycles. The molecule has 112 valence electrons. The number of aryl methyl sites for hydroxylation is 1. The molecule has 3 rings (SSSR count). The van der Waals surface area contributed by atoms with E-state index in [1.807, 2.05) is 49.5 Å². The fourth-order valence-electron chi connectivity index (χ4n) is 2.91. The number of benzene rings is 1. The number of sulfonamides is 1. The molecule has 0 N–H and O–H groups in total. The lowest BCUT2D eigenvalue weighted by molar-refractivity contribution is 0.299. The smallest absolute Gasteiger partial charge is 0.214 e. The highest BCUT2D eigenvalue weighted by atomic mass is 32.2. The van der Waals surface area contributed by atoms with Gasteiger partial charge in [0.25, 0.3) is 0 Å². The molecule has 1 aliphatic heterocycles. The van der Waals surface area contributed by atoms with Gasteiger partial charge in [-0.3, -0.25) is 0 Å². The summed E-state index contributed by atoms with van der Waals surface area (Å²) in [5.41, 5.74) is 3.24. The van der Waals surface area contributed by atoms with E-state index in [1.54, 1.807) is 11.2 Å². The molecule has 0 aliphatic carbocycles. The maximum absolute atomic E-state index is 12.5. The second kappa shape index (κ2) is 5.31. The molecule has 0 spiro atoms. The van der Waals surface area contributed by atoms with Crippen molar-refractivity contribution in [3.63, 3.8) is 0 Å². The van der Waals surface area contributed by atoms with Crippen molar-refractivity contribution >= 4 is 10.0 Å². The highest BCUT2D eigenvalue weighted by molar-refractivity contribution is 7.89. The molecular weight excluding hydrogens is 284 g/mol. The van der Waals surface area contributed by atoms with E-state index in [4.69, 9.17) is 0 Å². The summed E-state index contributed by atoms with van der Waals surface area (Å²) in [5.74, 6) is 0.135. The van der Waals surface area contributed by atoms with E-state index in [0.29, 0.717) is 13.1 Å². The standard InChI is InChI=1S/C16H20N2O2S/c1-3-21(19,20)18-12-11-17-10-4-5-15(17)16(18)14-8-6-13(2)7-9-14/h4-10,16H,3,11-12H2,1-2H3. The summed E-state index contributed by atoms with van der Waals surface area (Å²) in [4.78, 5) is 0. The molecule has 2 heterocycles. The van der Waals surface area contributed by atoms with Gasteiger partial charge in [-0.25, -0.2) is 8.42 Å². The lowest BCUT2D eigenvalue weighted by Crippen LogP contribution is -2.43. The third-order valence-electron chi connectivity index (χ3n) is 4.11. The van der Waals surface area contributed by atoms with E-state index in [-0.39, 0.29) is 11.8 Å². The van der Waals surface area contributed by atoms with E-state index >= 15 is 0 Å². The van der Waals surface area contributed by atoms with Crippen LogP contribution in [0.4, 0.5) is 0 Å². The van der Waals surface area contributed by atoms with Crippen LogP contribution in [0.5, 0.6) is 0 Å². The van der Waals surface area contributed by atoms with E-state index in [0.717, 1.165) is 11.3 Å². The summed E-state index contributed by atoms with van der Waals surface area (Å²) in [6.45, 7) is 4.98. The Labute approximate surface area is 126 Å². The van der Waals surface area contributed by atoms with Crippen molar-refractivity contribution in [1.29, 1.82) is 0 Å². The zero-order chi connectivity index (χ0) is 15.0. The lowest BCUT2D eigenvalue weighted by atomic mass is 10.0. The van der Waals surface area contributed by atoms with Gasteiger partial charge in [0.2, 0.25) is 10.0 Å². The number of fused-ring (bicyclic) bond motifs is 1. The lowest BCUT2D eigenvalue weighted by Gasteiger charge is -2.36. The second-order valence-electron chi connectivity index (χ2n) is 5.45. The van der Waals surface area contributed by atoms with Crippen molar-refractivity contribution in [1.82, 2.24) is 8.87 Å². The Morgan fingerprint density at radius 1 is 1.14 bits per heavy atom. The first-order valence-corrected chi connectivity index (χ1v) is 8.85. The predicted octanol–water partition coefficient (Wildman–Crippen LogP) is 2.55. The number of hydrogen-bond acceptors (Lipinski definition) is 2. The third-order valence-corrected chi connectivity index (χ3v) is 5.95. The van der Waals surface area contributed by atoms with Gasteiger partial charge in [0.1, 0.15) is 0 Å². The summed E-state index contributed by atoms with van der Waals surface area (Å²) in [6.07, 6.45) is 2.02. The molecule has 5 heteroatoms. The fourth-order valence-corrected chi connectivity index (χ4v) is 4.16. The van der Waals surface area contributed by atoms with Gasteiger partial charge in [-0.1, -0.05) is 29.8 Å². The topological polar surface area (TPSA) is 42.3 Å². The van der Waals surface area contributed by atoms with Crippen LogP contribution in [0.3, 0.4) is 0 Å². The Kier molecular flexibility index (Phi) is 3.63. The molecule has 2 aromatic rings. The van der Waals surface area contributed by atoms with Gasteiger partial charge >= 0.3 is 0 Å². The summed E-state index contributed by atoms with van der Waals surface area (Å²) >= 11 is 0. The van der Waals surface area contributed by atoms with Crippen LogP contribution in [0, 0.1) is 6.92 Å². The minimum Gasteiger partial charge on any atom is -0.348 e. The highest BCUT2D eigenvalue weighted by Crippen LogP contribution is 2.34. The van der Waals surface area contributed by atoms with E-state index in [2.05, 4.69) is 4.57 Å². The Bertz CT molecular complexity index is 732. The number of aromatic nitrogens is 1. The zero-order valence-electron chi connectivity index (χ0n) is 12.4. The Hall–Kier alpha value is -1.59. The van der Waals surface area contributed by atoms with Crippen LogP contribution in [0.2, 0.25) is 0 Å². The molecule has 0 bridgehead atoms. The molecule has 1 aromatic carbocycles. The first-order chi connectivity index (χ1) is 10.0. The molecular formula is C16H20N2O2S. The van der Waals surface area contributed by atoms with Gasteiger partial charge in [0.15, 0.2) is 0 Å². The maximum atomic E-state index is 12.5. The van der Waals surface area contributed by atoms with Gasteiger partial charge in [0, 0.05) is 25.0 Å². The first kappa shape index (κ1) is 14.4. The van der Waals surface area contributed by atoms with E-state index in [9.17, 15) is 8.42 Å². The summed E-state index contributed by atoms with van der Waals surface area (Å²) in [5, 5.41) is 0. The monoisotopic (exact) mass is 304 g/mol. The Morgan fingerprint density at radius 2 is 1.86 bits per heavy atom. The molecule has 0 saturated heterocycles. The average Bonchev–Trinajstić information content (AvgIpc) is 2.95. The highest BCUT2D eigenvalue weighted by Gasteiger charge is 2.35. The van der Waals surface area contributed by atoms with Crippen molar-refractivity contribution in [2.45, 2.75) is 26.4 Å². The molecule has 1 atom stereocenters. The van der Waals surface area contributed by atoms with Crippen LogP contribution in [0.25, 0.3) is 0 Å². The van der Waals surface area contributed by atoms with Gasteiger partial charge < -0.3 is 4.57 Å². The largest absolute Gasteiger partial charge is 0.348 e. The van der Waals surface area contributed by atoms with Crippen LogP contribution in [-0.4, -0.2) is 29.6 Å². The minimum absolute atomic E-state index is 0.135. The van der Waals surface area contributed by atoms with Crippen LogP contribution in [0.15, 0.2) is 42.6 Å². The molecule has 0 amide bonds. The van der Waals surface area contributed by atoms with Crippen molar-refractivity contribution < 1.29 is 8.42 Å². The van der Waals surface area contributed by atoms with Crippen LogP contribution < -0.4 is 0 Å². The molecule has 1 aromatic heterocycles. The molecule has 0 fully saturated rings. The van der Waals surface area contributed by atoms with Crippen molar-refractivity contribution in [2.75, 3.05) is 12.3 Å². The molecule has 1 unspecified atom stereocenters. The van der Waals surface area contributed by atoms with Crippen LogP contribution in [-0.2, 0) is 16.6 Å². The Morgan fingerprint density at radius 3 is 2.52 bits per heavy atom. The predicted molar refractivity (Wildman–Crippen MR) is 83.6 cm³/mol. The van der Waals surface area contributed by atoms with Gasteiger partial charge in [0.05, 0.1) is 11.8 Å². The molecule has 1 aliphatic rings. The third kappa shape index (κ3) is 2.51. The summed E-state index contributed by atoms with van der Waals surface area (Å²) in [6, 6.07) is 11.9. The summed E-state index contributed by atoms with van der Waals surface area (Å²) < 4.78 is 28.7. The van der Waals surface area contributed by atoms with Crippen molar-refractivity contribution in [3.05, 3.63) is 59.4 Å². The molecule has 21 heavy (non-hydrogen) atoms. The van der Waals surface area contributed by atoms with E-state index < -0.39 is 10.0 Å². The van der Waals surface area contributed by atoms with Gasteiger partial charge in [-0.2, -0.15) is 4.31 Å². The Balaban J connectivity index is 2.12. The minimum atomic E-state index is -3.23. The molecule has 0 radical (unpaired) electrons. The average molecular weight is 304 g/mol. The SMILES string of the molecule is CCS(=O)(=O)N1CCn2cccc2C1c1ccc(C)cc1. The van der Waals surface area contributed by atoms with Crippen LogP contribution >= 0.6 is 0 Å². The van der Waals surface area contributed by atoms with Crippen molar-refractivity contribution in [3.8, 4) is 0 Å². The summed E-state index contributed by atoms with van der Waals surface area (Å²) in [7, 11) is -3.23. The van der Waals surface area contributed by atoms with Gasteiger partial charge in [-0.15, -0.1) is 0 Å². The number of nitrogens with zero attached hydrogens (tertiary/aromatic N) is 2. The normalized spacial score (nSPS) is 19.4. The number of rotatable bonds is 3.